The molecule has 1 saturated carbocycles. The van der Waals surface area contributed by atoms with Crippen LogP contribution in [0.5, 0.6) is 0 Å². The highest BCUT2D eigenvalue weighted by molar-refractivity contribution is 6.03. The third-order valence-electron chi connectivity index (χ3n) is 6.38. The van der Waals surface area contributed by atoms with Crippen molar-refractivity contribution in [2.45, 2.75) is 45.1 Å². The number of aryl methyl sites for hydroxylation is 1. The molecule has 1 N–H and O–H groups in total. The van der Waals surface area contributed by atoms with Crippen LogP contribution in [0.2, 0.25) is 0 Å². The van der Waals surface area contributed by atoms with E-state index in [2.05, 4.69) is 32.5 Å². The third-order valence-corrected chi connectivity index (χ3v) is 6.38. The van der Waals surface area contributed by atoms with Gasteiger partial charge in [0.25, 0.3) is 5.91 Å². The fraction of sp³-hybridized carbons (Fsp3) is 0.375. The van der Waals surface area contributed by atoms with Crippen molar-refractivity contribution in [3.8, 4) is 5.69 Å². The molecule has 1 aromatic heterocycles. The summed E-state index contributed by atoms with van der Waals surface area (Å²) in [6.45, 7) is 4.07. The fourth-order valence-electron chi connectivity index (χ4n) is 4.39. The summed E-state index contributed by atoms with van der Waals surface area (Å²) < 4.78 is 0. The van der Waals surface area contributed by atoms with Crippen molar-refractivity contribution < 1.29 is 4.79 Å². The number of rotatable bonds is 4. The van der Waals surface area contributed by atoms with E-state index in [4.69, 9.17) is 0 Å². The van der Waals surface area contributed by atoms with Gasteiger partial charge in [-0.15, -0.1) is 5.10 Å². The summed E-state index contributed by atoms with van der Waals surface area (Å²) in [4.78, 5) is 17.0. The SMILES string of the molecule is Cc1nn(-c2ccccc2)nc1C(=O)Nc1ccc2c(c1)CCN(C1CCC1)CC2. The first-order valence-corrected chi connectivity index (χ1v) is 10.8. The molecule has 5 rings (SSSR count). The molecule has 2 aromatic carbocycles. The molecule has 2 heterocycles. The van der Waals surface area contributed by atoms with Gasteiger partial charge in [-0.2, -0.15) is 9.90 Å². The standard InChI is InChI=1S/C24H27N5O/c1-17-23(27-29(26-17)22-6-3-2-4-7-22)24(30)25-20-11-10-18-12-14-28(21-8-5-9-21)15-13-19(18)16-20/h2-4,6-7,10-11,16,21H,5,8-9,12-15H2,1H3,(H,25,30). The molecule has 3 aromatic rings. The van der Waals surface area contributed by atoms with Crippen LogP contribution in [-0.2, 0) is 12.8 Å². The number of carbonyl (C=O) groups is 1. The predicted molar refractivity (Wildman–Crippen MR) is 117 cm³/mol. The van der Waals surface area contributed by atoms with Gasteiger partial charge in [0.1, 0.15) is 0 Å². The van der Waals surface area contributed by atoms with E-state index in [0.717, 1.165) is 43.3 Å². The summed E-state index contributed by atoms with van der Waals surface area (Å²) in [5.74, 6) is -0.223. The topological polar surface area (TPSA) is 63.1 Å². The number of para-hydroxylation sites is 1. The molecular formula is C24H27N5O. The third kappa shape index (κ3) is 3.75. The minimum atomic E-state index is -0.223. The lowest BCUT2D eigenvalue weighted by molar-refractivity contribution is 0.102. The van der Waals surface area contributed by atoms with Crippen LogP contribution < -0.4 is 5.32 Å². The van der Waals surface area contributed by atoms with E-state index in [0.29, 0.717) is 11.4 Å². The molecule has 154 valence electrons. The molecule has 0 saturated heterocycles. The van der Waals surface area contributed by atoms with E-state index < -0.39 is 0 Å². The zero-order chi connectivity index (χ0) is 20.5. The monoisotopic (exact) mass is 401 g/mol. The van der Waals surface area contributed by atoms with E-state index in [-0.39, 0.29) is 5.91 Å². The smallest absolute Gasteiger partial charge is 0.278 e. The van der Waals surface area contributed by atoms with Crippen molar-refractivity contribution in [1.29, 1.82) is 0 Å². The average molecular weight is 402 g/mol. The molecule has 1 aliphatic carbocycles. The number of nitrogens with one attached hydrogen (secondary N) is 1. The first kappa shape index (κ1) is 19.0. The van der Waals surface area contributed by atoms with Crippen LogP contribution in [0.1, 0.15) is 46.6 Å². The highest BCUT2D eigenvalue weighted by Gasteiger charge is 2.26. The number of anilines is 1. The molecule has 1 aliphatic heterocycles. The number of hydrogen-bond donors (Lipinski definition) is 1. The van der Waals surface area contributed by atoms with E-state index in [1.54, 1.807) is 0 Å². The van der Waals surface area contributed by atoms with Crippen LogP contribution in [-0.4, -0.2) is 44.9 Å². The Morgan fingerprint density at radius 3 is 2.50 bits per heavy atom. The number of aromatic nitrogens is 3. The van der Waals surface area contributed by atoms with Crippen molar-refractivity contribution in [1.82, 2.24) is 19.9 Å². The highest BCUT2D eigenvalue weighted by Crippen LogP contribution is 2.28. The van der Waals surface area contributed by atoms with Crippen molar-refractivity contribution in [3.05, 3.63) is 71.0 Å². The maximum absolute atomic E-state index is 12.9. The summed E-state index contributed by atoms with van der Waals surface area (Å²) in [5.41, 5.74) is 5.37. The average Bonchev–Trinajstić information content (AvgIpc) is 3.00. The van der Waals surface area contributed by atoms with Crippen molar-refractivity contribution >= 4 is 11.6 Å². The lowest BCUT2D eigenvalue weighted by atomic mass is 9.91. The van der Waals surface area contributed by atoms with E-state index in [9.17, 15) is 4.79 Å². The van der Waals surface area contributed by atoms with Crippen LogP contribution in [0.3, 0.4) is 0 Å². The Kier molecular flexibility index (Phi) is 5.09. The molecule has 0 radical (unpaired) electrons. The molecule has 0 atom stereocenters. The van der Waals surface area contributed by atoms with Crippen LogP contribution in [0.25, 0.3) is 5.69 Å². The van der Waals surface area contributed by atoms with E-state index in [1.165, 1.54) is 35.2 Å². The van der Waals surface area contributed by atoms with Crippen LogP contribution in [0, 0.1) is 6.92 Å². The molecule has 6 nitrogen and oxygen atoms in total. The minimum absolute atomic E-state index is 0.223. The number of benzene rings is 2. The Labute approximate surface area is 176 Å². The number of amides is 1. The van der Waals surface area contributed by atoms with Gasteiger partial charge in [0.05, 0.1) is 11.4 Å². The second-order valence-electron chi connectivity index (χ2n) is 8.32. The Bertz CT molecular complexity index is 1050. The van der Waals surface area contributed by atoms with Gasteiger partial charge in [-0.3, -0.25) is 9.69 Å². The normalized spacial score (nSPS) is 17.1. The van der Waals surface area contributed by atoms with E-state index >= 15 is 0 Å². The Balaban J connectivity index is 1.30. The lowest BCUT2D eigenvalue weighted by Crippen LogP contribution is -2.41. The maximum Gasteiger partial charge on any atom is 0.278 e. The van der Waals surface area contributed by atoms with Crippen molar-refractivity contribution in [2.75, 3.05) is 18.4 Å². The molecule has 1 amide bonds. The molecule has 0 spiro atoms. The number of nitrogens with zero attached hydrogens (tertiary/aromatic N) is 4. The summed E-state index contributed by atoms with van der Waals surface area (Å²) in [6.07, 6.45) is 6.20. The van der Waals surface area contributed by atoms with Gasteiger partial charge in [0, 0.05) is 24.8 Å². The van der Waals surface area contributed by atoms with Crippen LogP contribution >= 0.6 is 0 Å². The Morgan fingerprint density at radius 2 is 1.77 bits per heavy atom. The van der Waals surface area contributed by atoms with Crippen LogP contribution in [0.15, 0.2) is 48.5 Å². The number of fused-ring (bicyclic) bond motifs is 1. The quantitative estimate of drug-likeness (QED) is 0.723. The molecule has 6 heteroatoms. The summed E-state index contributed by atoms with van der Waals surface area (Å²) in [5, 5.41) is 11.8. The van der Waals surface area contributed by atoms with Crippen LogP contribution in [0.4, 0.5) is 5.69 Å². The maximum atomic E-state index is 12.9. The Morgan fingerprint density at radius 1 is 1.00 bits per heavy atom. The molecule has 1 fully saturated rings. The van der Waals surface area contributed by atoms with Gasteiger partial charge in [-0.25, -0.2) is 0 Å². The second-order valence-corrected chi connectivity index (χ2v) is 8.32. The van der Waals surface area contributed by atoms with Gasteiger partial charge in [-0.1, -0.05) is 30.7 Å². The predicted octanol–water partition coefficient (Wildman–Crippen LogP) is 3.78. The zero-order valence-corrected chi connectivity index (χ0v) is 17.3. The van der Waals surface area contributed by atoms with Gasteiger partial charge in [-0.05, 0) is 68.0 Å². The molecular weight excluding hydrogens is 374 g/mol. The summed E-state index contributed by atoms with van der Waals surface area (Å²) in [7, 11) is 0. The largest absolute Gasteiger partial charge is 0.321 e. The first-order chi connectivity index (χ1) is 14.7. The highest BCUT2D eigenvalue weighted by atomic mass is 16.2. The Hall–Kier alpha value is -2.99. The van der Waals surface area contributed by atoms with Crippen molar-refractivity contribution in [2.24, 2.45) is 0 Å². The molecule has 30 heavy (non-hydrogen) atoms. The second kappa shape index (κ2) is 8.03. The molecule has 0 bridgehead atoms. The van der Waals surface area contributed by atoms with E-state index in [1.807, 2.05) is 43.3 Å². The number of hydrogen-bond acceptors (Lipinski definition) is 4. The first-order valence-electron chi connectivity index (χ1n) is 10.8. The van der Waals surface area contributed by atoms with Gasteiger partial charge < -0.3 is 5.32 Å². The number of carbonyl (C=O) groups excluding carboxylic acids is 1. The molecule has 2 aliphatic rings. The summed E-state index contributed by atoms with van der Waals surface area (Å²) in [6, 6.07) is 16.7. The fourth-order valence-corrected chi connectivity index (χ4v) is 4.39. The van der Waals surface area contributed by atoms with Gasteiger partial charge >= 0.3 is 0 Å². The van der Waals surface area contributed by atoms with Gasteiger partial charge in [0.15, 0.2) is 5.69 Å². The zero-order valence-electron chi connectivity index (χ0n) is 17.3. The van der Waals surface area contributed by atoms with Crippen molar-refractivity contribution in [3.63, 3.8) is 0 Å². The lowest BCUT2D eigenvalue weighted by Gasteiger charge is -2.36. The van der Waals surface area contributed by atoms with Gasteiger partial charge in [0.2, 0.25) is 0 Å². The molecule has 0 unspecified atom stereocenters. The minimum Gasteiger partial charge on any atom is -0.321 e. The summed E-state index contributed by atoms with van der Waals surface area (Å²) >= 11 is 0.